The number of nitrogens with zero attached hydrogens (tertiary/aromatic N) is 4. The van der Waals surface area contributed by atoms with E-state index in [4.69, 9.17) is 17.0 Å². The normalized spacial score (nSPS) is 14.7. The Morgan fingerprint density at radius 2 is 1.94 bits per heavy atom. The molecule has 1 aliphatic heterocycles. The average Bonchev–Trinajstić information content (AvgIpc) is 3.46. The van der Waals surface area contributed by atoms with Crippen LogP contribution in [0.4, 0.5) is 0 Å². The first kappa shape index (κ1) is 21.7. The lowest BCUT2D eigenvalue weighted by Crippen LogP contribution is -2.49. The highest BCUT2D eigenvalue weighted by molar-refractivity contribution is 7.71. The van der Waals surface area contributed by atoms with E-state index in [1.807, 2.05) is 39.1 Å². The van der Waals surface area contributed by atoms with Crippen LogP contribution in [0, 0.1) is 4.77 Å². The number of piperazine rings is 1. The van der Waals surface area contributed by atoms with E-state index in [9.17, 15) is 4.79 Å². The summed E-state index contributed by atoms with van der Waals surface area (Å²) in [6, 6.07) is 12.2. The van der Waals surface area contributed by atoms with Gasteiger partial charge >= 0.3 is 0 Å². The van der Waals surface area contributed by atoms with Gasteiger partial charge in [0.15, 0.2) is 10.6 Å². The van der Waals surface area contributed by atoms with Crippen LogP contribution in [0.25, 0.3) is 10.7 Å². The first-order valence-electron chi connectivity index (χ1n) is 10.5. The SMILES string of the molecule is COc1ccc(CCN2CCN(C(=O)CCn3c(-c4cccs4)n[nH]c3=S)CC2)cc1. The fourth-order valence-electron chi connectivity index (χ4n) is 3.78. The number of carbonyl (C=O) groups excluding carboxylic acids is 1. The molecule has 1 saturated heterocycles. The van der Waals surface area contributed by atoms with Gasteiger partial charge in [0.1, 0.15) is 5.75 Å². The molecule has 1 aliphatic rings. The molecular formula is C22H27N5O2S2. The van der Waals surface area contributed by atoms with Gasteiger partial charge < -0.3 is 9.64 Å². The molecule has 0 atom stereocenters. The number of amides is 1. The number of carbonyl (C=O) groups is 1. The van der Waals surface area contributed by atoms with Crippen LogP contribution in [0.2, 0.25) is 0 Å². The van der Waals surface area contributed by atoms with Gasteiger partial charge in [-0.3, -0.25) is 19.4 Å². The quantitative estimate of drug-likeness (QED) is 0.525. The maximum absolute atomic E-state index is 12.8. The number of ether oxygens (including phenoxy) is 1. The minimum absolute atomic E-state index is 0.176. The van der Waals surface area contributed by atoms with E-state index >= 15 is 0 Å². The highest BCUT2D eigenvalue weighted by Gasteiger charge is 2.21. The molecule has 1 aromatic carbocycles. The Kier molecular flexibility index (Phi) is 7.16. The molecule has 3 heterocycles. The molecule has 0 aliphatic carbocycles. The van der Waals surface area contributed by atoms with Crippen LogP contribution in [-0.2, 0) is 17.8 Å². The Labute approximate surface area is 191 Å². The lowest BCUT2D eigenvalue weighted by atomic mass is 10.1. The predicted molar refractivity (Wildman–Crippen MR) is 125 cm³/mol. The monoisotopic (exact) mass is 457 g/mol. The van der Waals surface area contributed by atoms with Gasteiger partial charge in [-0.05, 0) is 47.8 Å². The molecule has 1 fully saturated rings. The zero-order chi connectivity index (χ0) is 21.6. The van der Waals surface area contributed by atoms with E-state index < -0.39 is 0 Å². The fraction of sp³-hybridized carbons (Fsp3) is 0.409. The molecule has 9 heteroatoms. The molecular weight excluding hydrogens is 430 g/mol. The smallest absolute Gasteiger partial charge is 0.224 e. The minimum Gasteiger partial charge on any atom is -0.497 e. The number of methoxy groups -OCH3 is 1. The molecule has 1 amide bonds. The number of aromatic nitrogens is 3. The highest BCUT2D eigenvalue weighted by Crippen LogP contribution is 2.23. The van der Waals surface area contributed by atoms with Crippen molar-refractivity contribution in [1.29, 1.82) is 0 Å². The molecule has 0 bridgehead atoms. The molecule has 164 valence electrons. The molecule has 0 unspecified atom stereocenters. The first-order chi connectivity index (χ1) is 15.1. The number of nitrogens with one attached hydrogen (secondary N) is 1. The van der Waals surface area contributed by atoms with E-state index in [0.29, 0.717) is 17.7 Å². The van der Waals surface area contributed by atoms with Crippen LogP contribution in [0.15, 0.2) is 41.8 Å². The van der Waals surface area contributed by atoms with E-state index in [1.54, 1.807) is 18.4 Å². The average molecular weight is 458 g/mol. The van der Waals surface area contributed by atoms with Crippen molar-refractivity contribution in [3.63, 3.8) is 0 Å². The number of rotatable bonds is 8. The van der Waals surface area contributed by atoms with Crippen molar-refractivity contribution in [3.8, 4) is 16.5 Å². The highest BCUT2D eigenvalue weighted by atomic mass is 32.1. The summed E-state index contributed by atoms with van der Waals surface area (Å²) in [6.07, 6.45) is 1.43. The molecule has 7 nitrogen and oxygen atoms in total. The van der Waals surface area contributed by atoms with Crippen molar-refractivity contribution in [1.82, 2.24) is 24.6 Å². The predicted octanol–water partition coefficient (Wildman–Crippen LogP) is 3.45. The van der Waals surface area contributed by atoms with Crippen molar-refractivity contribution in [3.05, 3.63) is 52.1 Å². The van der Waals surface area contributed by atoms with Crippen molar-refractivity contribution >= 4 is 29.5 Å². The van der Waals surface area contributed by atoms with E-state index in [2.05, 4.69) is 27.2 Å². The minimum atomic E-state index is 0.176. The number of aromatic amines is 1. The Morgan fingerprint density at radius 3 is 2.61 bits per heavy atom. The molecule has 3 aromatic rings. The van der Waals surface area contributed by atoms with Gasteiger partial charge in [-0.15, -0.1) is 11.3 Å². The van der Waals surface area contributed by atoms with Crippen molar-refractivity contribution in [2.75, 3.05) is 39.8 Å². The molecule has 1 N–H and O–H groups in total. The summed E-state index contributed by atoms with van der Waals surface area (Å²) in [5.74, 6) is 1.86. The Balaban J connectivity index is 1.23. The summed E-state index contributed by atoms with van der Waals surface area (Å²) in [5, 5.41) is 9.19. The largest absolute Gasteiger partial charge is 0.497 e. The third-order valence-corrected chi connectivity index (χ3v) is 6.83. The summed E-state index contributed by atoms with van der Waals surface area (Å²) in [5.41, 5.74) is 1.30. The summed E-state index contributed by atoms with van der Waals surface area (Å²) >= 11 is 6.98. The van der Waals surface area contributed by atoms with Crippen molar-refractivity contribution < 1.29 is 9.53 Å². The Bertz CT molecular complexity index is 1030. The van der Waals surface area contributed by atoms with Crippen molar-refractivity contribution in [2.45, 2.75) is 19.4 Å². The molecule has 0 spiro atoms. The first-order valence-corrected chi connectivity index (χ1v) is 11.7. The fourth-order valence-corrected chi connectivity index (χ4v) is 4.73. The van der Waals surface area contributed by atoms with Gasteiger partial charge in [0, 0.05) is 45.7 Å². The van der Waals surface area contributed by atoms with Crippen LogP contribution in [0.1, 0.15) is 12.0 Å². The summed E-state index contributed by atoms with van der Waals surface area (Å²) in [4.78, 5) is 18.2. The zero-order valence-electron chi connectivity index (χ0n) is 17.6. The van der Waals surface area contributed by atoms with Crippen LogP contribution < -0.4 is 4.74 Å². The molecule has 2 aromatic heterocycles. The number of hydrogen-bond donors (Lipinski definition) is 1. The van der Waals surface area contributed by atoms with Crippen molar-refractivity contribution in [2.24, 2.45) is 0 Å². The number of benzene rings is 1. The summed E-state index contributed by atoms with van der Waals surface area (Å²) in [6.45, 7) is 4.91. The lowest BCUT2D eigenvalue weighted by molar-refractivity contribution is -0.133. The van der Waals surface area contributed by atoms with Crippen LogP contribution in [-0.4, -0.2) is 70.3 Å². The zero-order valence-corrected chi connectivity index (χ0v) is 19.3. The van der Waals surface area contributed by atoms with Gasteiger partial charge in [0.25, 0.3) is 0 Å². The van der Waals surface area contributed by atoms with Crippen LogP contribution >= 0.6 is 23.6 Å². The Morgan fingerprint density at radius 1 is 1.16 bits per heavy atom. The van der Waals surface area contributed by atoms with Gasteiger partial charge in [-0.2, -0.15) is 5.10 Å². The van der Waals surface area contributed by atoms with E-state index in [-0.39, 0.29) is 5.91 Å². The van der Waals surface area contributed by atoms with E-state index in [1.165, 1.54) is 5.56 Å². The third kappa shape index (κ3) is 5.41. The molecule has 0 radical (unpaired) electrons. The third-order valence-electron chi connectivity index (χ3n) is 5.65. The topological polar surface area (TPSA) is 66.4 Å². The maximum atomic E-state index is 12.8. The number of thiophene rings is 1. The summed E-state index contributed by atoms with van der Waals surface area (Å²) < 4.78 is 7.69. The Hall–Kier alpha value is -2.49. The molecule has 0 saturated carbocycles. The lowest BCUT2D eigenvalue weighted by Gasteiger charge is -2.34. The summed E-state index contributed by atoms with van der Waals surface area (Å²) in [7, 11) is 1.68. The molecule has 4 rings (SSSR count). The van der Waals surface area contributed by atoms with Crippen LogP contribution in [0.3, 0.4) is 0 Å². The van der Waals surface area contributed by atoms with E-state index in [0.717, 1.165) is 55.6 Å². The van der Waals surface area contributed by atoms with Gasteiger partial charge in [-0.25, -0.2) is 0 Å². The van der Waals surface area contributed by atoms with Crippen LogP contribution in [0.5, 0.6) is 5.75 Å². The number of H-pyrrole nitrogens is 1. The second kappa shape index (κ2) is 10.2. The van der Waals surface area contributed by atoms with Gasteiger partial charge in [0.2, 0.25) is 5.91 Å². The second-order valence-corrected chi connectivity index (χ2v) is 8.89. The molecule has 31 heavy (non-hydrogen) atoms. The van der Waals surface area contributed by atoms with Gasteiger partial charge in [-0.1, -0.05) is 18.2 Å². The number of hydrogen-bond acceptors (Lipinski definition) is 6. The standard InChI is InChI=1S/C22H27N5O2S2/c1-29-18-6-4-17(5-7-18)8-10-25-12-14-26(15-13-25)20(28)9-11-27-21(23-24-22(27)30)19-3-2-16-31-19/h2-7,16H,8-15H2,1H3,(H,24,30). The second-order valence-electron chi connectivity index (χ2n) is 7.55. The van der Waals surface area contributed by atoms with Gasteiger partial charge in [0.05, 0.1) is 12.0 Å². The maximum Gasteiger partial charge on any atom is 0.224 e.